The summed E-state index contributed by atoms with van der Waals surface area (Å²) in [6.07, 6.45) is 0. The number of hydrogen-bond donors (Lipinski definition) is 1. The number of benzene rings is 2. The van der Waals surface area contributed by atoms with Crippen LogP contribution in [-0.4, -0.2) is 32.7 Å². The molecule has 0 radical (unpaired) electrons. The molecule has 0 heterocycles. The van der Waals surface area contributed by atoms with Gasteiger partial charge in [-0.2, -0.15) is 0 Å². The van der Waals surface area contributed by atoms with Crippen molar-refractivity contribution in [2.45, 2.75) is 6.92 Å². The summed E-state index contributed by atoms with van der Waals surface area (Å²) in [6, 6.07) is 8.12. The number of para-hydroxylation sites is 1. The third-order valence-corrected chi connectivity index (χ3v) is 4.31. The number of aryl methyl sites for hydroxylation is 1. The molecule has 0 atom stereocenters. The summed E-state index contributed by atoms with van der Waals surface area (Å²) in [5.41, 5.74) is 1.17. The van der Waals surface area contributed by atoms with Crippen LogP contribution < -0.4 is 14.8 Å². The Morgan fingerprint density at radius 1 is 1.08 bits per heavy atom. The van der Waals surface area contributed by atoms with Crippen molar-refractivity contribution >= 4 is 40.8 Å². The normalized spacial score (nSPS) is 10.2. The second-order valence-electron chi connectivity index (χ2n) is 5.22. The summed E-state index contributed by atoms with van der Waals surface area (Å²) in [5, 5.41) is 3.15. The molecule has 0 aromatic heterocycles. The van der Waals surface area contributed by atoms with Gasteiger partial charge in [-0.25, -0.2) is 4.79 Å². The fourth-order valence-electron chi connectivity index (χ4n) is 2.20. The number of halogens is 2. The van der Waals surface area contributed by atoms with Crippen LogP contribution in [-0.2, 0) is 9.53 Å². The van der Waals surface area contributed by atoms with Gasteiger partial charge < -0.3 is 19.5 Å². The van der Waals surface area contributed by atoms with Gasteiger partial charge in [0, 0.05) is 0 Å². The van der Waals surface area contributed by atoms with Crippen molar-refractivity contribution in [3.63, 3.8) is 0 Å². The van der Waals surface area contributed by atoms with Crippen LogP contribution in [0, 0.1) is 6.92 Å². The van der Waals surface area contributed by atoms with Crippen LogP contribution in [0.25, 0.3) is 0 Å². The molecule has 1 N–H and O–H groups in total. The van der Waals surface area contributed by atoms with Gasteiger partial charge in [-0.1, -0.05) is 35.3 Å². The smallest absolute Gasteiger partial charge is 0.342 e. The monoisotopic (exact) mass is 397 g/mol. The van der Waals surface area contributed by atoms with E-state index in [0.29, 0.717) is 10.8 Å². The predicted molar refractivity (Wildman–Crippen MR) is 99.7 cm³/mol. The van der Waals surface area contributed by atoms with E-state index in [2.05, 4.69) is 5.32 Å². The molecule has 0 aliphatic heterocycles. The van der Waals surface area contributed by atoms with Crippen LogP contribution in [0.4, 0.5) is 5.69 Å². The van der Waals surface area contributed by atoms with Crippen LogP contribution in [0.1, 0.15) is 15.9 Å². The third-order valence-electron chi connectivity index (χ3n) is 3.51. The zero-order valence-electron chi connectivity index (χ0n) is 14.4. The largest absolute Gasteiger partial charge is 0.493 e. The van der Waals surface area contributed by atoms with Crippen molar-refractivity contribution in [2.24, 2.45) is 0 Å². The van der Waals surface area contributed by atoms with Crippen molar-refractivity contribution in [1.82, 2.24) is 0 Å². The van der Waals surface area contributed by atoms with Crippen molar-refractivity contribution in [1.29, 1.82) is 0 Å². The Morgan fingerprint density at radius 3 is 2.46 bits per heavy atom. The Balaban J connectivity index is 2.07. The number of carbonyl (C=O) groups excluding carboxylic acids is 2. The highest BCUT2D eigenvalue weighted by atomic mass is 35.5. The molecule has 0 bridgehead atoms. The summed E-state index contributed by atoms with van der Waals surface area (Å²) >= 11 is 12.2. The maximum absolute atomic E-state index is 12.2. The quantitative estimate of drug-likeness (QED) is 0.742. The van der Waals surface area contributed by atoms with Gasteiger partial charge in [0.05, 0.1) is 30.0 Å². The maximum Gasteiger partial charge on any atom is 0.342 e. The first kappa shape index (κ1) is 19.9. The van der Waals surface area contributed by atoms with E-state index in [-0.39, 0.29) is 22.0 Å². The SMILES string of the molecule is COc1cccc(C(=O)OCC(=O)Nc2c(Cl)ccc(C)c2Cl)c1OC. The van der Waals surface area contributed by atoms with Gasteiger partial charge in [0.1, 0.15) is 5.56 Å². The Morgan fingerprint density at radius 2 is 1.81 bits per heavy atom. The van der Waals surface area contributed by atoms with Crippen LogP contribution >= 0.6 is 23.2 Å². The van der Waals surface area contributed by atoms with Gasteiger partial charge in [-0.15, -0.1) is 0 Å². The second-order valence-corrected chi connectivity index (χ2v) is 6.00. The lowest BCUT2D eigenvalue weighted by atomic mass is 10.2. The van der Waals surface area contributed by atoms with Gasteiger partial charge in [-0.3, -0.25) is 4.79 Å². The highest BCUT2D eigenvalue weighted by Crippen LogP contribution is 2.33. The standard InChI is InChI=1S/C18H17Cl2NO5/c1-10-7-8-12(19)16(15(10)20)21-14(22)9-26-18(23)11-5-4-6-13(24-2)17(11)25-3/h4-8H,9H2,1-3H3,(H,21,22). The molecule has 138 valence electrons. The molecule has 26 heavy (non-hydrogen) atoms. The molecular weight excluding hydrogens is 381 g/mol. The van der Waals surface area contributed by atoms with E-state index in [4.69, 9.17) is 37.4 Å². The number of rotatable bonds is 6. The summed E-state index contributed by atoms with van der Waals surface area (Å²) in [5.74, 6) is -0.693. The molecular formula is C18H17Cl2NO5. The average Bonchev–Trinajstić information content (AvgIpc) is 2.65. The molecule has 0 unspecified atom stereocenters. The highest BCUT2D eigenvalue weighted by Gasteiger charge is 2.19. The third kappa shape index (κ3) is 4.39. The molecule has 2 aromatic carbocycles. The molecule has 0 aliphatic carbocycles. The molecule has 0 spiro atoms. The van der Waals surface area contributed by atoms with E-state index in [1.54, 1.807) is 31.2 Å². The van der Waals surface area contributed by atoms with E-state index < -0.39 is 18.5 Å². The first-order valence-corrected chi connectivity index (χ1v) is 8.27. The fraction of sp³-hybridized carbons (Fsp3) is 0.222. The Bertz CT molecular complexity index is 839. The van der Waals surface area contributed by atoms with Crippen molar-refractivity contribution in [2.75, 3.05) is 26.1 Å². The highest BCUT2D eigenvalue weighted by molar-refractivity contribution is 6.40. The lowest BCUT2D eigenvalue weighted by Gasteiger charge is -2.13. The number of carbonyl (C=O) groups is 2. The molecule has 0 saturated carbocycles. The number of methoxy groups -OCH3 is 2. The molecule has 1 amide bonds. The molecule has 2 rings (SSSR count). The van der Waals surface area contributed by atoms with Crippen LogP contribution in [0.2, 0.25) is 10.0 Å². The summed E-state index contributed by atoms with van der Waals surface area (Å²) < 4.78 is 15.3. The number of esters is 1. The van der Waals surface area contributed by atoms with Gasteiger partial charge in [0.25, 0.3) is 5.91 Å². The van der Waals surface area contributed by atoms with Crippen LogP contribution in [0.15, 0.2) is 30.3 Å². The minimum Gasteiger partial charge on any atom is -0.493 e. The number of hydrogen-bond acceptors (Lipinski definition) is 5. The molecule has 8 heteroatoms. The van der Waals surface area contributed by atoms with Gasteiger partial charge in [-0.05, 0) is 30.7 Å². The zero-order chi connectivity index (χ0) is 19.3. The lowest BCUT2D eigenvalue weighted by Crippen LogP contribution is -2.21. The lowest BCUT2D eigenvalue weighted by molar-refractivity contribution is -0.119. The van der Waals surface area contributed by atoms with Crippen LogP contribution in [0.5, 0.6) is 11.5 Å². The molecule has 0 saturated heterocycles. The zero-order valence-corrected chi connectivity index (χ0v) is 15.9. The van der Waals surface area contributed by atoms with E-state index in [1.165, 1.54) is 20.3 Å². The van der Waals surface area contributed by atoms with E-state index >= 15 is 0 Å². The Labute approximate surface area is 160 Å². The fourth-order valence-corrected chi connectivity index (χ4v) is 2.67. The second kappa shape index (κ2) is 8.78. The average molecular weight is 398 g/mol. The van der Waals surface area contributed by atoms with Crippen molar-refractivity contribution < 1.29 is 23.8 Å². The summed E-state index contributed by atoms with van der Waals surface area (Å²) in [6.45, 7) is 1.27. The van der Waals surface area contributed by atoms with Crippen molar-refractivity contribution in [3.8, 4) is 11.5 Å². The number of anilines is 1. The Hall–Kier alpha value is -2.44. The molecule has 6 nitrogen and oxygen atoms in total. The number of ether oxygens (including phenoxy) is 3. The van der Waals surface area contributed by atoms with E-state index in [1.807, 2.05) is 0 Å². The minimum atomic E-state index is -0.725. The molecule has 0 fully saturated rings. The molecule has 0 aliphatic rings. The van der Waals surface area contributed by atoms with Gasteiger partial charge in [0.15, 0.2) is 18.1 Å². The maximum atomic E-state index is 12.2. The summed E-state index contributed by atoms with van der Waals surface area (Å²) in [4.78, 5) is 24.3. The first-order valence-electron chi connectivity index (χ1n) is 7.51. The topological polar surface area (TPSA) is 73.9 Å². The number of amides is 1. The van der Waals surface area contributed by atoms with Gasteiger partial charge in [0.2, 0.25) is 0 Å². The van der Waals surface area contributed by atoms with E-state index in [0.717, 1.165) is 5.56 Å². The molecule has 2 aromatic rings. The summed E-state index contributed by atoms with van der Waals surface area (Å²) in [7, 11) is 2.86. The predicted octanol–water partition coefficient (Wildman–Crippen LogP) is 4.11. The van der Waals surface area contributed by atoms with Crippen molar-refractivity contribution in [3.05, 3.63) is 51.5 Å². The van der Waals surface area contributed by atoms with Crippen LogP contribution in [0.3, 0.4) is 0 Å². The Kier molecular flexibility index (Phi) is 6.71. The van der Waals surface area contributed by atoms with E-state index in [9.17, 15) is 9.59 Å². The first-order chi connectivity index (χ1) is 12.4. The van der Waals surface area contributed by atoms with Gasteiger partial charge >= 0.3 is 5.97 Å². The minimum absolute atomic E-state index is 0.145. The number of nitrogens with one attached hydrogen (secondary N) is 1.